The predicted octanol–water partition coefficient (Wildman–Crippen LogP) is 3.53. The smallest absolute Gasteiger partial charge is 0.203 e. The zero-order valence-electron chi connectivity index (χ0n) is 11.2. The minimum atomic E-state index is 0.628. The Morgan fingerprint density at radius 1 is 1.06 bits per heavy atom. The number of benzene rings is 1. The molecule has 3 nitrogen and oxygen atoms in total. The lowest BCUT2D eigenvalue weighted by Crippen LogP contribution is -1.96. The second-order valence-corrected chi connectivity index (χ2v) is 3.71. The molecule has 0 heterocycles. The Hall–Kier alpha value is -1.64. The fourth-order valence-corrected chi connectivity index (χ4v) is 1.73. The van der Waals surface area contributed by atoms with Gasteiger partial charge in [0, 0.05) is 0 Å². The fraction of sp³-hybridized carbons (Fsp3) is 0.429. The van der Waals surface area contributed by atoms with Crippen LogP contribution in [0.3, 0.4) is 0 Å². The Morgan fingerprint density at radius 3 is 1.94 bits per heavy atom. The van der Waals surface area contributed by atoms with Gasteiger partial charge >= 0.3 is 0 Å². The molecule has 0 radical (unpaired) electrons. The molecule has 0 unspecified atom stereocenters. The van der Waals surface area contributed by atoms with Gasteiger partial charge in [0.05, 0.1) is 21.3 Å². The van der Waals surface area contributed by atoms with Crippen LogP contribution in [0, 0.1) is 0 Å². The first-order chi connectivity index (χ1) is 8.17. The molecule has 0 bridgehead atoms. The third kappa shape index (κ3) is 2.93. The molecule has 0 saturated carbocycles. The molecule has 0 aliphatic carbocycles. The van der Waals surface area contributed by atoms with Crippen LogP contribution in [-0.2, 0) is 0 Å². The number of allylic oxidation sites excluding steroid dienone is 2. The topological polar surface area (TPSA) is 27.7 Å². The van der Waals surface area contributed by atoms with Crippen molar-refractivity contribution in [3.63, 3.8) is 0 Å². The van der Waals surface area contributed by atoms with E-state index in [1.54, 1.807) is 21.3 Å². The lowest BCUT2D eigenvalue weighted by molar-refractivity contribution is 0.324. The van der Waals surface area contributed by atoms with Crippen molar-refractivity contribution in [1.82, 2.24) is 0 Å². The SMILES string of the molecule is CC/C=C(\C)c1cc(OC)c(OC)c(OC)c1. The van der Waals surface area contributed by atoms with Crippen molar-refractivity contribution in [2.75, 3.05) is 21.3 Å². The van der Waals surface area contributed by atoms with Gasteiger partial charge in [0.2, 0.25) is 5.75 Å². The first-order valence-corrected chi connectivity index (χ1v) is 5.65. The van der Waals surface area contributed by atoms with E-state index >= 15 is 0 Å². The van der Waals surface area contributed by atoms with Gasteiger partial charge in [0.15, 0.2) is 11.5 Å². The van der Waals surface area contributed by atoms with Crippen LogP contribution in [-0.4, -0.2) is 21.3 Å². The maximum atomic E-state index is 5.32. The summed E-state index contributed by atoms with van der Waals surface area (Å²) < 4.78 is 15.9. The molecule has 1 aromatic rings. The molecule has 1 aromatic carbocycles. The van der Waals surface area contributed by atoms with Crippen LogP contribution in [0.25, 0.3) is 5.57 Å². The predicted molar refractivity (Wildman–Crippen MR) is 70.0 cm³/mol. The summed E-state index contributed by atoms with van der Waals surface area (Å²) in [6.07, 6.45) is 3.17. The van der Waals surface area contributed by atoms with Crippen molar-refractivity contribution >= 4 is 5.57 Å². The maximum Gasteiger partial charge on any atom is 0.203 e. The van der Waals surface area contributed by atoms with E-state index in [4.69, 9.17) is 14.2 Å². The van der Waals surface area contributed by atoms with Gasteiger partial charge in [-0.25, -0.2) is 0 Å². The summed E-state index contributed by atoms with van der Waals surface area (Å²) in [6.45, 7) is 4.19. The molecule has 3 heteroatoms. The van der Waals surface area contributed by atoms with Gasteiger partial charge in [-0.1, -0.05) is 13.0 Å². The molecule has 0 aliphatic heterocycles. The van der Waals surface area contributed by atoms with Crippen LogP contribution in [0.4, 0.5) is 0 Å². The largest absolute Gasteiger partial charge is 0.493 e. The molecule has 0 N–H and O–H groups in total. The summed E-state index contributed by atoms with van der Waals surface area (Å²) in [5.74, 6) is 2.00. The highest BCUT2D eigenvalue weighted by molar-refractivity contribution is 5.69. The average molecular weight is 236 g/mol. The molecular formula is C14H20O3. The number of methoxy groups -OCH3 is 3. The van der Waals surface area contributed by atoms with Gasteiger partial charge < -0.3 is 14.2 Å². The number of hydrogen-bond donors (Lipinski definition) is 0. The second kappa shape index (κ2) is 6.18. The number of hydrogen-bond acceptors (Lipinski definition) is 3. The minimum absolute atomic E-state index is 0.628. The highest BCUT2D eigenvalue weighted by Crippen LogP contribution is 2.39. The van der Waals surface area contributed by atoms with E-state index in [-0.39, 0.29) is 0 Å². The highest BCUT2D eigenvalue weighted by Gasteiger charge is 2.13. The van der Waals surface area contributed by atoms with Gasteiger partial charge in [0.1, 0.15) is 0 Å². The number of ether oxygens (including phenoxy) is 3. The molecule has 0 spiro atoms. The normalized spacial score (nSPS) is 11.2. The van der Waals surface area contributed by atoms with Crippen LogP contribution in [0.2, 0.25) is 0 Å². The summed E-state index contributed by atoms with van der Waals surface area (Å²) in [5.41, 5.74) is 2.29. The monoisotopic (exact) mass is 236 g/mol. The lowest BCUT2D eigenvalue weighted by atomic mass is 10.1. The molecule has 0 amide bonds. The van der Waals surface area contributed by atoms with E-state index in [1.165, 1.54) is 5.57 Å². The quantitative estimate of drug-likeness (QED) is 0.782. The lowest BCUT2D eigenvalue weighted by Gasteiger charge is -2.14. The maximum absolute atomic E-state index is 5.32. The molecule has 0 fully saturated rings. The third-order valence-electron chi connectivity index (χ3n) is 2.63. The Kier molecular flexibility index (Phi) is 4.88. The molecule has 94 valence electrons. The Labute approximate surface area is 103 Å². The minimum Gasteiger partial charge on any atom is -0.493 e. The molecule has 0 atom stereocenters. The van der Waals surface area contributed by atoms with Gasteiger partial charge in [-0.2, -0.15) is 0 Å². The van der Waals surface area contributed by atoms with Gasteiger partial charge in [-0.3, -0.25) is 0 Å². The molecule has 0 aromatic heterocycles. The Morgan fingerprint density at radius 2 is 1.59 bits per heavy atom. The number of rotatable bonds is 5. The van der Waals surface area contributed by atoms with Crippen LogP contribution in [0.15, 0.2) is 18.2 Å². The van der Waals surface area contributed by atoms with E-state index < -0.39 is 0 Å². The average Bonchev–Trinajstić information content (AvgIpc) is 2.37. The zero-order valence-corrected chi connectivity index (χ0v) is 11.2. The van der Waals surface area contributed by atoms with Crippen molar-refractivity contribution in [2.45, 2.75) is 20.3 Å². The molecule has 0 saturated heterocycles. The zero-order chi connectivity index (χ0) is 12.8. The molecule has 0 aliphatic rings. The third-order valence-corrected chi connectivity index (χ3v) is 2.63. The van der Waals surface area contributed by atoms with Crippen molar-refractivity contribution in [3.8, 4) is 17.2 Å². The van der Waals surface area contributed by atoms with Crippen LogP contribution >= 0.6 is 0 Å². The second-order valence-electron chi connectivity index (χ2n) is 3.71. The van der Waals surface area contributed by atoms with E-state index in [2.05, 4.69) is 19.9 Å². The van der Waals surface area contributed by atoms with Crippen molar-refractivity contribution in [2.24, 2.45) is 0 Å². The van der Waals surface area contributed by atoms with Crippen LogP contribution < -0.4 is 14.2 Å². The highest BCUT2D eigenvalue weighted by atomic mass is 16.5. The van der Waals surface area contributed by atoms with E-state index in [0.29, 0.717) is 17.2 Å². The Bertz CT molecular complexity index is 383. The van der Waals surface area contributed by atoms with Crippen molar-refractivity contribution < 1.29 is 14.2 Å². The van der Waals surface area contributed by atoms with Crippen LogP contribution in [0.1, 0.15) is 25.8 Å². The molecule has 17 heavy (non-hydrogen) atoms. The summed E-state index contributed by atoms with van der Waals surface area (Å²) in [7, 11) is 4.86. The standard InChI is InChI=1S/C14H20O3/c1-6-7-10(2)11-8-12(15-3)14(17-5)13(9-11)16-4/h7-9H,6H2,1-5H3/b10-7+. The summed E-state index contributed by atoms with van der Waals surface area (Å²) in [4.78, 5) is 0. The van der Waals surface area contributed by atoms with E-state index in [9.17, 15) is 0 Å². The summed E-state index contributed by atoms with van der Waals surface area (Å²) >= 11 is 0. The fourth-order valence-electron chi connectivity index (χ4n) is 1.73. The van der Waals surface area contributed by atoms with Crippen molar-refractivity contribution in [1.29, 1.82) is 0 Å². The summed E-state index contributed by atoms with van der Waals surface area (Å²) in [6, 6.07) is 3.92. The molecular weight excluding hydrogens is 216 g/mol. The van der Waals surface area contributed by atoms with Crippen LogP contribution in [0.5, 0.6) is 17.2 Å². The first kappa shape index (κ1) is 13.4. The van der Waals surface area contributed by atoms with Gasteiger partial charge in [0.25, 0.3) is 0 Å². The molecule has 1 rings (SSSR count). The first-order valence-electron chi connectivity index (χ1n) is 5.65. The summed E-state index contributed by atoms with van der Waals surface area (Å²) in [5, 5.41) is 0. The Balaban J connectivity index is 3.32. The van der Waals surface area contributed by atoms with Crippen molar-refractivity contribution in [3.05, 3.63) is 23.8 Å². The van der Waals surface area contributed by atoms with E-state index in [0.717, 1.165) is 12.0 Å². The van der Waals surface area contributed by atoms with E-state index in [1.807, 2.05) is 12.1 Å². The van der Waals surface area contributed by atoms with Gasteiger partial charge in [-0.05, 0) is 36.6 Å². The van der Waals surface area contributed by atoms with Gasteiger partial charge in [-0.15, -0.1) is 0 Å².